The van der Waals surface area contributed by atoms with E-state index in [1.807, 2.05) is 0 Å². The van der Waals surface area contributed by atoms with Crippen molar-refractivity contribution in [3.05, 3.63) is 0 Å². The highest BCUT2D eigenvalue weighted by Gasteiger charge is 2.49. The lowest BCUT2D eigenvalue weighted by Crippen LogP contribution is -2.51. The van der Waals surface area contributed by atoms with Crippen molar-refractivity contribution in [3.63, 3.8) is 0 Å². The Bertz CT molecular complexity index is 567. The molecule has 1 atom stereocenters. The Hall–Kier alpha value is -2.01. The molecular weight excluding hydrogens is 374 g/mol. The van der Waals surface area contributed by atoms with Crippen LogP contribution in [0.15, 0.2) is 0 Å². The summed E-state index contributed by atoms with van der Waals surface area (Å²) in [4.78, 5) is 35.0. The quantitative estimate of drug-likeness (QED) is 0.544. The van der Waals surface area contributed by atoms with E-state index in [0.29, 0.717) is 4.90 Å². The maximum atomic E-state index is 12.8. The van der Waals surface area contributed by atoms with Crippen LogP contribution < -0.4 is 0 Å². The van der Waals surface area contributed by atoms with Crippen molar-refractivity contribution in [1.29, 1.82) is 0 Å². The Labute approximate surface area is 145 Å². The predicted octanol–water partition coefficient (Wildman–Crippen LogP) is 1.88. The fraction of sp³-hybridized carbons (Fsp3) is 0.786. The molecule has 6 nitrogen and oxygen atoms in total. The molecule has 0 saturated carbocycles. The van der Waals surface area contributed by atoms with Crippen LogP contribution >= 0.6 is 0 Å². The highest BCUT2D eigenvalue weighted by molar-refractivity contribution is 5.87. The highest BCUT2D eigenvalue weighted by atomic mass is 19.4. The third kappa shape index (κ3) is 6.06. The number of halogens is 6. The number of alkyl halides is 6. The summed E-state index contributed by atoms with van der Waals surface area (Å²) in [6, 6.07) is -1.39. The molecule has 1 heterocycles. The standard InChI is InChI=1S/C14H18F6N2O4/c1-12(2,3)26-9(23)7-22(11(25)14(18,19)20)8-4-5-21(6-8)10(24)13(15,16)17/h8H,4-7H2,1-3H3. The Morgan fingerprint density at radius 2 is 1.58 bits per heavy atom. The number of esters is 1. The monoisotopic (exact) mass is 392 g/mol. The van der Waals surface area contributed by atoms with E-state index in [2.05, 4.69) is 0 Å². The zero-order chi connectivity index (χ0) is 20.5. The van der Waals surface area contributed by atoms with Crippen LogP contribution in [0.3, 0.4) is 0 Å². The number of carbonyl (C=O) groups excluding carboxylic acids is 3. The van der Waals surface area contributed by atoms with Crippen LogP contribution in [0, 0.1) is 0 Å². The molecule has 1 saturated heterocycles. The van der Waals surface area contributed by atoms with Gasteiger partial charge in [0.25, 0.3) is 0 Å². The second-order valence-corrected chi connectivity index (χ2v) is 6.71. The lowest BCUT2D eigenvalue weighted by molar-refractivity contribution is -0.191. The summed E-state index contributed by atoms with van der Waals surface area (Å²) in [5, 5.41) is 0. The van der Waals surface area contributed by atoms with Gasteiger partial charge in [0, 0.05) is 13.1 Å². The van der Waals surface area contributed by atoms with Gasteiger partial charge in [-0.1, -0.05) is 0 Å². The van der Waals surface area contributed by atoms with Gasteiger partial charge in [-0.15, -0.1) is 0 Å². The Morgan fingerprint density at radius 3 is 2.00 bits per heavy atom. The maximum absolute atomic E-state index is 12.8. The van der Waals surface area contributed by atoms with Crippen LogP contribution in [-0.4, -0.2) is 71.2 Å². The molecule has 2 amide bonds. The molecule has 0 aromatic heterocycles. The van der Waals surface area contributed by atoms with E-state index in [1.165, 1.54) is 20.8 Å². The summed E-state index contributed by atoms with van der Waals surface area (Å²) in [5.41, 5.74) is -1.03. The fourth-order valence-electron chi connectivity index (χ4n) is 2.40. The minimum Gasteiger partial charge on any atom is -0.459 e. The minimum absolute atomic E-state index is 0.109. The third-order valence-electron chi connectivity index (χ3n) is 3.36. The van der Waals surface area contributed by atoms with Crippen LogP contribution in [0.2, 0.25) is 0 Å². The molecule has 1 fully saturated rings. The summed E-state index contributed by atoms with van der Waals surface area (Å²) in [7, 11) is 0. The Balaban J connectivity index is 2.95. The molecule has 0 aromatic rings. The van der Waals surface area contributed by atoms with Crippen molar-refractivity contribution in [2.24, 2.45) is 0 Å². The number of hydrogen-bond acceptors (Lipinski definition) is 4. The van der Waals surface area contributed by atoms with Crippen LogP contribution in [0.4, 0.5) is 26.3 Å². The molecule has 150 valence electrons. The Morgan fingerprint density at radius 1 is 1.04 bits per heavy atom. The number of amides is 2. The van der Waals surface area contributed by atoms with Gasteiger partial charge >= 0.3 is 30.1 Å². The van der Waals surface area contributed by atoms with Gasteiger partial charge < -0.3 is 14.5 Å². The number of carbonyl (C=O) groups is 3. The lowest BCUT2D eigenvalue weighted by atomic mass is 10.2. The Kier molecular flexibility index (Phi) is 6.20. The van der Waals surface area contributed by atoms with Crippen LogP contribution in [-0.2, 0) is 19.1 Å². The topological polar surface area (TPSA) is 66.9 Å². The van der Waals surface area contributed by atoms with E-state index in [4.69, 9.17) is 4.74 Å². The summed E-state index contributed by atoms with van der Waals surface area (Å²) >= 11 is 0. The first-order chi connectivity index (χ1) is 11.5. The van der Waals surface area contributed by atoms with Crippen molar-refractivity contribution in [3.8, 4) is 0 Å². The molecule has 1 aliphatic rings. The van der Waals surface area contributed by atoms with Crippen molar-refractivity contribution >= 4 is 17.8 Å². The summed E-state index contributed by atoms with van der Waals surface area (Å²) < 4.78 is 80.5. The maximum Gasteiger partial charge on any atom is 0.471 e. The van der Waals surface area contributed by atoms with E-state index < -0.39 is 61.4 Å². The van der Waals surface area contributed by atoms with E-state index in [1.54, 1.807) is 0 Å². The third-order valence-corrected chi connectivity index (χ3v) is 3.36. The van der Waals surface area contributed by atoms with E-state index in [0.717, 1.165) is 0 Å². The van der Waals surface area contributed by atoms with Gasteiger partial charge in [0.1, 0.15) is 12.1 Å². The smallest absolute Gasteiger partial charge is 0.459 e. The van der Waals surface area contributed by atoms with Gasteiger partial charge in [-0.05, 0) is 27.2 Å². The highest BCUT2D eigenvalue weighted by Crippen LogP contribution is 2.27. The summed E-state index contributed by atoms with van der Waals surface area (Å²) in [5.74, 6) is -5.73. The predicted molar refractivity (Wildman–Crippen MR) is 74.7 cm³/mol. The number of hydrogen-bond donors (Lipinski definition) is 0. The molecule has 1 unspecified atom stereocenters. The molecule has 0 bridgehead atoms. The van der Waals surface area contributed by atoms with Crippen LogP contribution in [0.5, 0.6) is 0 Å². The molecule has 0 radical (unpaired) electrons. The van der Waals surface area contributed by atoms with Crippen molar-refractivity contribution < 1.29 is 45.5 Å². The van der Waals surface area contributed by atoms with Crippen LogP contribution in [0.1, 0.15) is 27.2 Å². The van der Waals surface area contributed by atoms with Gasteiger partial charge in [-0.3, -0.25) is 14.4 Å². The normalized spacial score (nSPS) is 18.7. The minimum atomic E-state index is -5.33. The zero-order valence-corrected chi connectivity index (χ0v) is 14.2. The first-order valence-corrected chi connectivity index (χ1v) is 7.48. The number of nitrogens with zero attached hydrogens (tertiary/aromatic N) is 2. The molecule has 26 heavy (non-hydrogen) atoms. The molecule has 1 rings (SSSR count). The molecule has 0 aromatic carbocycles. The molecule has 0 aliphatic carbocycles. The van der Waals surface area contributed by atoms with Gasteiger partial charge in [0.2, 0.25) is 0 Å². The van der Waals surface area contributed by atoms with Gasteiger partial charge in [0.05, 0.1) is 6.04 Å². The average molecular weight is 392 g/mol. The molecule has 1 aliphatic heterocycles. The van der Waals surface area contributed by atoms with E-state index in [-0.39, 0.29) is 11.3 Å². The van der Waals surface area contributed by atoms with E-state index >= 15 is 0 Å². The molecule has 0 N–H and O–H groups in total. The van der Waals surface area contributed by atoms with E-state index in [9.17, 15) is 40.7 Å². The van der Waals surface area contributed by atoms with Crippen molar-refractivity contribution in [2.75, 3.05) is 19.6 Å². The van der Waals surface area contributed by atoms with Gasteiger partial charge in [-0.25, -0.2) is 0 Å². The largest absolute Gasteiger partial charge is 0.471 e. The number of rotatable bonds is 3. The summed E-state index contributed by atoms with van der Waals surface area (Å²) in [6.07, 6.45) is -10.8. The number of likely N-dealkylation sites (tertiary alicyclic amines) is 1. The van der Waals surface area contributed by atoms with Crippen molar-refractivity contribution in [2.45, 2.75) is 51.2 Å². The van der Waals surface area contributed by atoms with Gasteiger partial charge in [0.15, 0.2) is 0 Å². The second-order valence-electron chi connectivity index (χ2n) is 6.71. The summed E-state index contributed by atoms with van der Waals surface area (Å²) in [6.45, 7) is 2.04. The first-order valence-electron chi connectivity index (χ1n) is 7.48. The average Bonchev–Trinajstić information content (AvgIpc) is 2.88. The zero-order valence-electron chi connectivity index (χ0n) is 14.2. The van der Waals surface area contributed by atoms with Crippen molar-refractivity contribution in [1.82, 2.24) is 9.80 Å². The molecular formula is C14H18F6N2O4. The fourth-order valence-corrected chi connectivity index (χ4v) is 2.40. The molecule has 0 spiro atoms. The number of ether oxygens (including phenoxy) is 1. The van der Waals surface area contributed by atoms with Gasteiger partial charge in [-0.2, -0.15) is 26.3 Å². The SMILES string of the molecule is CC(C)(C)OC(=O)CN(C(=O)C(F)(F)F)C1CCN(C(=O)C(F)(F)F)C1. The first kappa shape index (κ1) is 22.0. The molecule has 12 heteroatoms. The second kappa shape index (κ2) is 7.31. The van der Waals surface area contributed by atoms with Crippen LogP contribution in [0.25, 0.3) is 0 Å². The lowest BCUT2D eigenvalue weighted by Gasteiger charge is -2.30.